The molecule has 1 saturated heterocycles. The summed E-state index contributed by atoms with van der Waals surface area (Å²) in [5, 5.41) is 9.10. The molecule has 0 radical (unpaired) electrons. The van der Waals surface area contributed by atoms with Gasteiger partial charge < -0.3 is 9.64 Å². The zero-order valence-corrected chi connectivity index (χ0v) is 10.8. The topological polar surface area (TPSA) is 70.4 Å². The van der Waals surface area contributed by atoms with E-state index in [9.17, 15) is 9.59 Å². The maximum absolute atomic E-state index is 12.0. The minimum Gasteiger partial charge on any atom is -0.469 e. The van der Waals surface area contributed by atoms with Gasteiger partial charge in [-0.15, -0.1) is 0 Å². The summed E-state index contributed by atoms with van der Waals surface area (Å²) in [6.45, 7) is 2.16. The molecule has 1 unspecified atom stereocenters. The SMILES string of the molecule is COC(=O)C1CC(=O)N(c2cc(C)ccc2C#N)C1. The predicted molar refractivity (Wildman–Crippen MR) is 68.4 cm³/mol. The number of esters is 1. The molecule has 5 heteroatoms. The highest BCUT2D eigenvalue weighted by Gasteiger charge is 2.36. The first kappa shape index (κ1) is 13.1. The largest absolute Gasteiger partial charge is 0.469 e. The van der Waals surface area contributed by atoms with Gasteiger partial charge in [0.25, 0.3) is 0 Å². The first-order chi connectivity index (χ1) is 9.06. The smallest absolute Gasteiger partial charge is 0.311 e. The van der Waals surface area contributed by atoms with E-state index in [4.69, 9.17) is 5.26 Å². The first-order valence-electron chi connectivity index (χ1n) is 5.95. The van der Waals surface area contributed by atoms with Crippen LogP contribution >= 0.6 is 0 Å². The lowest BCUT2D eigenvalue weighted by atomic mass is 10.1. The number of carbonyl (C=O) groups excluding carboxylic acids is 2. The molecule has 0 aliphatic carbocycles. The van der Waals surface area contributed by atoms with Crippen LogP contribution < -0.4 is 4.90 Å². The number of benzene rings is 1. The van der Waals surface area contributed by atoms with Crippen LogP contribution in [0.3, 0.4) is 0 Å². The fourth-order valence-corrected chi connectivity index (χ4v) is 2.22. The Hall–Kier alpha value is -2.35. The number of ether oxygens (including phenoxy) is 1. The van der Waals surface area contributed by atoms with Crippen LogP contribution in [0.4, 0.5) is 5.69 Å². The summed E-state index contributed by atoms with van der Waals surface area (Å²) < 4.78 is 4.66. The number of methoxy groups -OCH3 is 1. The third kappa shape index (κ3) is 2.43. The molecular weight excluding hydrogens is 244 g/mol. The predicted octanol–water partition coefficient (Wildman–Crippen LogP) is 1.39. The molecule has 0 spiro atoms. The number of rotatable bonds is 2. The lowest BCUT2D eigenvalue weighted by Gasteiger charge is -2.18. The van der Waals surface area contributed by atoms with Crippen molar-refractivity contribution in [2.24, 2.45) is 5.92 Å². The van der Waals surface area contributed by atoms with Gasteiger partial charge in [0.2, 0.25) is 5.91 Å². The summed E-state index contributed by atoms with van der Waals surface area (Å²) in [5.41, 5.74) is 1.96. The van der Waals surface area contributed by atoms with Crippen molar-refractivity contribution in [2.75, 3.05) is 18.6 Å². The Morgan fingerprint density at radius 3 is 2.89 bits per heavy atom. The molecule has 2 rings (SSSR count). The molecule has 1 atom stereocenters. The molecule has 1 fully saturated rings. The lowest BCUT2D eigenvalue weighted by molar-refractivity contribution is -0.145. The number of amides is 1. The van der Waals surface area contributed by atoms with E-state index in [1.54, 1.807) is 12.1 Å². The monoisotopic (exact) mass is 258 g/mol. The summed E-state index contributed by atoms with van der Waals surface area (Å²) in [7, 11) is 1.31. The summed E-state index contributed by atoms with van der Waals surface area (Å²) in [6, 6.07) is 7.36. The number of nitriles is 1. The van der Waals surface area contributed by atoms with Crippen molar-refractivity contribution in [1.29, 1.82) is 5.26 Å². The minimum absolute atomic E-state index is 0.130. The zero-order valence-electron chi connectivity index (χ0n) is 10.8. The molecular formula is C14H14N2O3. The third-order valence-corrected chi connectivity index (χ3v) is 3.22. The Labute approximate surface area is 111 Å². The van der Waals surface area contributed by atoms with Crippen molar-refractivity contribution in [3.05, 3.63) is 29.3 Å². The molecule has 1 aliphatic rings. The van der Waals surface area contributed by atoms with Crippen molar-refractivity contribution in [1.82, 2.24) is 0 Å². The molecule has 5 nitrogen and oxygen atoms in total. The molecule has 98 valence electrons. The minimum atomic E-state index is -0.454. The fraction of sp³-hybridized carbons (Fsp3) is 0.357. The Morgan fingerprint density at radius 1 is 1.53 bits per heavy atom. The summed E-state index contributed by atoms with van der Waals surface area (Å²) in [5.74, 6) is -0.996. The molecule has 0 bridgehead atoms. The second kappa shape index (κ2) is 5.11. The average molecular weight is 258 g/mol. The van der Waals surface area contributed by atoms with E-state index in [1.165, 1.54) is 12.0 Å². The van der Waals surface area contributed by atoms with Crippen molar-refractivity contribution >= 4 is 17.6 Å². The van der Waals surface area contributed by atoms with Gasteiger partial charge in [0.1, 0.15) is 6.07 Å². The summed E-state index contributed by atoms with van der Waals surface area (Å²) in [4.78, 5) is 25.0. The van der Waals surface area contributed by atoms with Gasteiger partial charge in [-0.25, -0.2) is 0 Å². The highest BCUT2D eigenvalue weighted by Crippen LogP contribution is 2.29. The van der Waals surface area contributed by atoms with E-state index in [2.05, 4.69) is 10.8 Å². The fourth-order valence-electron chi connectivity index (χ4n) is 2.22. The highest BCUT2D eigenvalue weighted by molar-refractivity contribution is 6.00. The Morgan fingerprint density at radius 2 is 2.26 bits per heavy atom. The third-order valence-electron chi connectivity index (χ3n) is 3.22. The van der Waals surface area contributed by atoms with Gasteiger partial charge in [-0.05, 0) is 24.6 Å². The molecule has 1 heterocycles. The number of hydrogen-bond donors (Lipinski definition) is 0. The lowest BCUT2D eigenvalue weighted by Crippen LogP contribution is -2.27. The van der Waals surface area contributed by atoms with Crippen LogP contribution in [0.2, 0.25) is 0 Å². The molecule has 0 saturated carbocycles. The highest BCUT2D eigenvalue weighted by atomic mass is 16.5. The van der Waals surface area contributed by atoms with Gasteiger partial charge in [0, 0.05) is 13.0 Å². The van der Waals surface area contributed by atoms with Crippen molar-refractivity contribution in [3.8, 4) is 6.07 Å². The van der Waals surface area contributed by atoms with E-state index < -0.39 is 5.92 Å². The number of nitrogens with zero attached hydrogens (tertiary/aromatic N) is 2. The number of aryl methyl sites for hydroxylation is 1. The van der Waals surface area contributed by atoms with Gasteiger partial charge in [0.05, 0.1) is 24.3 Å². The quantitative estimate of drug-likeness (QED) is 0.752. The number of hydrogen-bond acceptors (Lipinski definition) is 4. The molecule has 19 heavy (non-hydrogen) atoms. The summed E-state index contributed by atoms with van der Waals surface area (Å²) >= 11 is 0. The standard InChI is InChI=1S/C14H14N2O3/c1-9-3-4-10(7-15)12(5-9)16-8-11(6-13(16)17)14(18)19-2/h3-5,11H,6,8H2,1-2H3. The van der Waals surface area contributed by atoms with E-state index >= 15 is 0 Å². The van der Waals surface area contributed by atoms with Crippen LogP contribution in [-0.4, -0.2) is 25.5 Å². The van der Waals surface area contributed by atoms with Crippen LogP contribution in [0.25, 0.3) is 0 Å². The molecule has 1 aliphatic heterocycles. The molecule has 1 amide bonds. The van der Waals surface area contributed by atoms with Crippen molar-refractivity contribution < 1.29 is 14.3 Å². The van der Waals surface area contributed by atoms with Gasteiger partial charge in [-0.1, -0.05) is 6.07 Å². The number of carbonyl (C=O) groups is 2. The van der Waals surface area contributed by atoms with Crippen LogP contribution in [0.15, 0.2) is 18.2 Å². The summed E-state index contributed by atoms with van der Waals surface area (Å²) in [6.07, 6.45) is 0.130. The van der Waals surface area contributed by atoms with Gasteiger partial charge in [0.15, 0.2) is 0 Å². The molecule has 1 aromatic rings. The second-order valence-electron chi connectivity index (χ2n) is 4.56. The number of anilines is 1. The van der Waals surface area contributed by atoms with Gasteiger partial charge >= 0.3 is 5.97 Å². The maximum atomic E-state index is 12.0. The molecule has 0 N–H and O–H groups in total. The van der Waals surface area contributed by atoms with E-state index in [-0.39, 0.29) is 24.8 Å². The second-order valence-corrected chi connectivity index (χ2v) is 4.56. The molecule has 1 aromatic carbocycles. The van der Waals surface area contributed by atoms with Crippen LogP contribution in [-0.2, 0) is 14.3 Å². The molecule has 0 aromatic heterocycles. The Balaban J connectivity index is 2.33. The Kier molecular flexibility index (Phi) is 3.52. The first-order valence-corrected chi connectivity index (χ1v) is 5.95. The van der Waals surface area contributed by atoms with Crippen LogP contribution in [0.5, 0.6) is 0 Å². The van der Waals surface area contributed by atoms with Crippen molar-refractivity contribution in [2.45, 2.75) is 13.3 Å². The van der Waals surface area contributed by atoms with Crippen LogP contribution in [0, 0.1) is 24.2 Å². The van der Waals surface area contributed by atoms with Crippen molar-refractivity contribution in [3.63, 3.8) is 0 Å². The van der Waals surface area contributed by atoms with E-state index in [1.807, 2.05) is 13.0 Å². The van der Waals surface area contributed by atoms with Gasteiger partial charge in [-0.3, -0.25) is 9.59 Å². The van der Waals surface area contributed by atoms with E-state index in [0.717, 1.165) is 5.56 Å². The van der Waals surface area contributed by atoms with Crippen LogP contribution in [0.1, 0.15) is 17.5 Å². The van der Waals surface area contributed by atoms with E-state index in [0.29, 0.717) is 11.3 Å². The Bertz CT molecular complexity index is 575. The average Bonchev–Trinajstić information content (AvgIpc) is 2.79. The normalized spacial score (nSPS) is 18.3. The zero-order chi connectivity index (χ0) is 14.0. The maximum Gasteiger partial charge on any atom is 0.311 e. The van der Waals surface area contributed by atoms with Gasteiger partial charge in [-0.2, -0.15) is 5.26 Å².